The summed E-state index contributed by atoms with van der Waals surface area (Å²) in [6, 6.07) is 0.510. The number of thiazole rings is 1. The van der Waals surface area contributed by atoms with Crippen LogP contribution in [0, 0.1) is 0 Å². The van der Waals surface area contributed by atoms with E-state index in [4.69, 9.17) is 0 Å². The number of amides is 2. The molecule has 0 aliphatic carbocycles. The largest absolute Gasteiger partial charge is 0.323 e. The van der Waals surface area contributed by atoms with Crippen LogP contribution in [0.3, 0.4) is 0 Å². The van der Waals surface area contributed by atoms with Gasteiger partial charge in [0.15, 0.2) is 5.13 Å². The lowest BCUT2D eigenvalue weighted by Crippen LogP contribution is -2.64. The maximum Gasteiger partial charge on any atom is 0.323 e. The molecule has 3 heterocycles. The van der Waals surface area contributed by atoms with Crippen LogP contribution < -0.4 is 5.32 Å². The van der Waals surface area contributed by atoms with E-state index in [-0.39, 0.29) is 6.03 Å². The normalized spacial score (nSPS) is 22.3. The minimum atomic E-state index is -0.0275. The number of carbonyl (C=O) groups is 1. The Morgan fingerprint density at radius 3 is 2.74 bits per heavy atom. The van der Waals surface area contributed by atoms with Gasteiger partial charge in [-0.15, -0.1) is 11.3 Å². The van der Waals surface area contributed by atoms with Crippen molar-refractivity contribution >= 4 is 22.5 Å². The summed E-state index contributed by atoms with van der Waals surface area (Å²) in [6.45, 7) is 6.15. The van der Waals surface area contributed by atoms with Gasteiger partial charge in [-0.3, -0.25) is 10.2 Å². The van der Waals surface area contributed by atoms with E-state index < -0.39 is 0 Å². The lowest BCUT2D eigenvalue weighted by molar-refractivity contribution is 0.0318. The topological polar surface area (TPSA) is 51.7 Å². The fourth-order valence-corrected chi connectivity index (χ4v) is 3.01. The molecule has 7 heteroatoms. The Labute approximate surface area is 117 Å². The van der Waals surface area contributed by atoms with Gasteiger partial charge in [0.05, 0.1) is 0 Å². The molecule has 2 saturated heterocycles. The van der Waals surface area contributed by atoms with Gasteiger partial charge in [0, 0.05) is 56.9 Å². The number of nitrogens with zero attached hydrogens (tertiary/aromatic N) is 4. The average molecular weight is 281 g/mol. The van der Waals surface area contributed by atoms with E-state index in [1.54, 1.807) is 6.20 Å². The first-order chi connectivity index (χ1) is 9.22. The molecule has 0 atom stereocenters. The molecule has 0 unspecified atom stereocenters. The van der Waals surface area contributed by atoms with Crippen molar-refractivity contribution in [2.45, 2.75) is 6.04 Å². The Bertz CT molecular complexity index is 423. The first-order valence-electron chi connectivity index (χ1n) is 6.60. The molecule has 2 aliphatic heterocycles. The van der Waals surface area contributed by atoms with Crippen molar-refractivity contribution in [1.82, 2.24) is 19.7 Å². The highest BCUT2D eigenvalue weighted by Gasteiger charge is 2.35. The molecule has 1 aromatic heterocycles. The SMILES string of the molecule is CN1CCN(C2CN(C(=O)Nc3nccs3)C2)CC1. The molecule has 2 fully saturated rings. The molecule has 0 saturated carbocycles. The third-order valence-electron chi connectivity index (χ3n) is 3.85. The summed E-state index contributed by atoms with van der Waals surface area (Å²) in [6.07, 6.45) is 1.70. The van der Waals surface area contributed by atoms with Gasteiger partial charge in [-0.05, 0) is 7.05 Å². The number of urea groups is 1. The zero-order valence-corrected chi connectivity index (χ0v) is 11.9. The number of rotatable bonds is 2. The fourth-order valence-electron chi connectivity index (χ4n) is 2.49. The number of hydrogen-bond donors (Lipinski definition) is 1. The first kappa shape index (κ1) is 12.8. The minimum Gasteiger partial charge on any atom is -0.321 e. The number of carbonyl (C=O) groups excluding carboxylic acids is 1. The summed E-state index contributed by atoms with van der Waals surface area (Å²) in [4.78, 5) is 22.7. The quantitative estimate of drug-likeness (QED) is 0.863. The van der Waals surface area contributed by atoms with E-state index in [9.17, 15) is 4.79 Å². The maximum absolute atomic E-state index is 11.9. The van der Waals surface area contributed by atoms with Gasteiger partial charge in [0.1, 0.15) is 0 Å². The van der Waals surface area contributed by atoms with Crippen molar-refractivity contribution < 1.29 is 4.79 Å². The second kappa shape index (κ2) is 5.44. The molecule has 2 amide bonds. The molecule has 0 radical (unpaired) electrons. The van der Waals surface area contributed by atoms with E-state index in [0.717, 1.165) is 39.3 Å². The van der Waals surface area contributed by atoms with Gasteiger partial charge in [-0.25, -0.2) is 9.78 Å². The maximum atomic E-state index is 11.9. The van der Waals surface area contributed by atoms with Crippen molar-refractivity contribution in [3.8, 4) is 0 Å². The Kier molecular flexibility index (Phi) is 3.67. The smallest absolute Gasteiger partial charge is 0.321 e. The summed E-state index contributed by atoms with van der Waals surface area (Å²) < 4.78 is 0. The number of anilines is 1. The highest BCUT2D eigenvalue weighted by atomic mass is 32.1. The zero-order chi connectivity index (χ0) is 13.2. The standard InChI is InChI=1S/C12H19N5OS/c1-15-3-5-16(6-4-15)10-8-17(9-10)12(18)14-11-13-2-7-19-11/h2,7,10H,3-6,8-9H2,1H3,(H,13,14,18). The van der Waals surface area contributed by atoms with Crippen molar-refractivity contribution in [2.24, 2.45) is 0 Å². The van der Waals surface area contributed by atoms with E-state index in [1.165, 1.54) is 11.3 Å². The number of aromatic nitrogens is 1. The lowest BCUT2D eigenvalue weighted by Gasteiger charge is -2.47. The van der Waals surface area contributed by atoms with Gasteiger partial charge >= 0.3 is 6.03 Å². The average Bonchev–Trinajstić information content (AvgIpc) is 2.82. The molecule has 3 rings (SSSR count). The fraction of sp³-hybridized carbons (Fsp3) is 0.667. The Hall–Kier alpha value is -1.18. The third-order valence-corrected chi connectivity index (χ3v) is 4.54. The highest BCUT2D eigenvalue weighted by Crippen LogP contribution is 2.19. The monoisotopic (exact) mass is 281 g/mol. The van der Waals surface area contributed by atoms with Gasteiger partial charge in [-0.2, -0.15) is 0 Å². The molecule has 0 bridgehead atoms. The molecule has 19 heavy (non-hydrogen) atoms. The Balaban J connectivity index is 1.43. The first-order valence-corrected chi connectivity index (χ1v) is 7.48. The number of nitrogens with one attached hydrogen (secondary N) is 1. The highest BCUT2D eigenvalue weighted by molar-refractivity contribution is 7.13. The minimum absolute atomic E-state index is 0.0275. The van der Waals surface area contributed by atoms with Crippen molar-refractivity contribution in [3.05, 3.63) is 11.6 Å². The summed E-state index contributed by atoms with van der Waals surface area (Å²) in [5.41, 5.74) is 0. The van der Waals surface area contributed by atoms with Gasteiger partial charge in [-0.1, -0.05) is 0 Å². The summed E-state index contributed by atoms with van der Waals surface area (Å²) in [5.74, 6) is 0. The number of piperazine rings is 1. The van der Waals surface area contributed by atoms with Crippen LogP contribution in [-0.2, 0) is 0 Å². The predicted molar refractivity (Wildman–Crippen MR) is 75.6 cm³/mol. The molecular formula is C12H19N5OS. The van der Waals surface area contributed by atoms with E-state index in [0.29, 0.717) is 11.2 Å². The summed E-state index contributed by atoms with van der Waals surface area (Å²) in [7, 11) is 2.16. The van der Waals surface area contributed by atoms with Crippen molar-refractivity contribution in [2.75, 3.05) is 51.6 Å². The van der Waals surface area contributed by atoms with Crippen molar-refractivity contribution in [1.29, 1.82) is 0 Å². The molecule has 1 aromatic rings. The number of hydrogen-bond acceptors (Lipinski definition) is 5. The molecule has 104 valence electrons. The number of likely N-dealkylation sites (N-methyl/N-ethyl adjacent to an activating group) is 1. The van der Waals surface area contributed by atoms with Crippen LogP contribution in [0.4, 0.5) is 9.93 Å². The molecular weight excluding hydrogens is 262 g/mol. The second-order valence-electron chi connectivity index (χ2n) is 5.17. The van der Waals surface area contributed by atoms with E-state index >= 15 is 0 Å². The van der Waals surface area contributed by atoms with E-state index in [1.807, 2.05) is 10.3 Å². The van der Waals surface area contributed by atoms with Gasteiger partial charge < -0.3 is 9.80 Å². The molecule has 0 aromatic carbocycles. The Morgan fingerprint density at radius 1 is 1.37 bits per heavy atom. The second-order valence-corrected chi connectivity index (χ2v) is 6.06. The molecule has 2 aliphatic rings. The molecule has 6 nitrogen and oxygen atoms in total. The van der Waals surface area contributed by atoms with Gasteiger partial charge in [0.2, 0.25) is 0 Å². The van der Waals surface area contributed by atoms with Crippen LogP contribution in [0.25, 0.3) is 0 Å². The van der Waals surface area contributed by atoms with Crippen molar-refractivity contribution in [3.63, 3.8) is 0 Å². The van der Waals surface area contributed by atoms with Gasteiger partial charge in [0.25, 0.3) is 0 Å². The predicted octanol–water partition coefficient (Wildman–Crippen LogP) is 0.607. The van der Waals surface area contributed by atoms with Crippen LogP contribution in [0.1, 0.15) is 0 Å². The zero-order valence-electron chi connectivity index (χ0n) is 11.1. The molecule has 0 spiro atoms. The van der Waals surface area contributed by atoms with E-state index in [2.05, 4.69) is 27.1 Å². The summed E-state index contributed by atoms with van der Waals surface area (Å²) >= 11 is 1.45. The van der Waals surface area contributed by atoms with Crippen LogP contribution in [0.2, 0.25) is 0 Å². The number of likely N-dealkylation sites (tertiary alicyclic amines) is 1. The summed E-state index contributed by atoms with van der Waals surface area (Å²) in [5, 5.41) is 5.36. The lowest BCUT2D eigenvalue weighted by atomic mass is 10.1. The molecule has 1 N–H and O–H groups in total. The Morgan fingerprint density at radius 2 is 2.11 bits per heavy atom. The third kappa shape index (κ3) is 2.88. The van der Waals surface area contributed by atoms with Crippen LogP contribution in [-0.4, -0.2) is 78.1 Å². The van der Waals surface area contributed by atoms with Crippen LogP contribution >= 0.6 is 11.3 Å². The van der Waals surface area contributed by atoms with Crippen LogP contribution in [0.15, 0.2) is 11.6 Å². The van der Waals surface area contributed by atoms with Crippen LogP contribution in [0.5, 0.6) is 0 Å².